The largest absolute Gasteiger partial charge is 0.395 e. The lowest BCUT2D eigenvalue weighted by atomic mass is 10.1. The Labute approximate surface area is 127 Å². The number of hydrogen-bond donors (Lipinski definition) is 2. The van der Waals surface area contributed by atoms with Gasteiger partial charge in [0.05, 0.1) is 6.61 Å². The van der Waals surface area contributed by atoms with E-state index in [1.54, 1.807) is 12.1 Å². The number of likely N-dealkylation sites (N-methyl/N-ethyl adjacent to an activating group) is 1. The van der Waals surface area contributed by atoms with Crippen LogP contribution in [-0.2, 0) is 0 Å². The monoisotopic (exact) mass is 288 g/mol. The van der Waals surface area contributed by atoms with Crippen molar-refractivity contribution in [3.8, 4) is 11.8 Å². The van der Waals surface area contributed by atoms with Crippen molar-refractivity contribution < 1.29 is 9.90 Å². The number of carbonyl (C=O) groups excluding carboxylic acids is 1. The molecule has 0 bridgehead atoms. The van der Waals surface area contributed by atoms with Crippen LogP contribution in [0, 0.1) is 11.8 Å². The Kier molecular flexibility index (Phi) is 7.52. The predicted octanol–water partition coefficient (Wildman–Crippen LogP) is 1.49. The molecule has 1 rings (SSSR count). The van der Waals surface area contributed by atoms with Crippen LogP contribution in [0.1, 0.15) is 36.2 Å². The number of benzene rings is 1. The normalized spacial score (nSPS) is 10.4. The molecule has 0 fully saturated rings. The van der Waals surface area contributed by atoms with Gasteiger partial charge in [0.1, 0.15) is 0 Å². The lowest BCUT2D eigenvalue weighted by Gasteiger charge is -2.20. The van der Waals surface area contributed by atoms with E-state index < -0.39 is 0 Å². The molecule has 1 aromatic carbocycles. The van der Waals surface area contributed by atoms with Gasteiger partial charge < -0.3 is 15.3 Å². The standard InChI is InChI=1S/C17H24N2O2/c1-14(2)19(3)12-11-18-17(21)16-9-7-15(8-10-16)6-4-5-13-20/h7-10,14,20H,5,11-13H2,1-3H3,(H,18,21). The minimum Gasteiger partial charge on any atom is -0.395 e. The molecule has 4 heteroatoms. The fraction of sp³-hybridized carbons (Fsp3) is 0.471. The van der Waals surface area contributed by atoms with Crippen molar-refractivity contribution >= 4 is 5.91 Å². The SMILES string of the molecule is CC(C)N(C)CCNC(=O)c1ccc(C#CCCO)cc1. The number of aliphatic hydroxyl groups is 1. The van der Waals surface area contributed by atoms with E-state index in [-0.39, 0.29) is 12.5 Å². The Balaban J connectivity index is 2.47. The third kappa shape index (κ3) is 6.44. The molecule has 0 unspecified atom stereocenters. The molecule has 114 valence electrons. The predicted molar refractivity (Wildman–Crippen MR) is 85.1 cm³/mol. The summed E-state index contributed by atoms with van der Waals surface area (Å²) >= 11 is 0. The average molecular weight is 288 g/mol. The summed E-state index contributed by atoms with van der Waals surface area (Å²) in [5.74, 6) is 5.72. The Morgan fingerprint density at radius 3 is 2.57 bits per heavy atom. The van der Waals surface area contributed by atoms with Gasteiger partial charge in [-0.25, -0.2) is 0 Å². The van der Waals surface area contributed by atoms with Gasteiger partial charge in [-0.15, -0.1) is 0 Å². The number of aliphatic hydroxyl groups excluding tert-OH is 1. The molecule has 21 heavy (non-hydrogen) atoms. The number of hydrogen-bond acceptors (Lipinski definition) is 3. The minimum atomic E-state index is -0.0676. The number of rotatable bonds is 6. The van der Waals surface area contributed by atoms with Gasteiger partial charge >= 0.3 is 0 Å². The van der Waals surface area contributed by atoms with Crippen molar-refractivity contribution in [1.82, 2.24) is 10.2 Å². The van der Waals surface area contributed by atoms with Crippen LogP contribution >= 0.6 is 0 Å². The minimum absolute atomic E-state index is 0.0676. The fourth-order valence-electron chi connectivity index (χ4n) is 1.63. The first-order valence-corrected chi connectivity index (χ1v) is 7.23. The Hall–Kier alpha value is -1.83. The summed E-state index contributed by atoms with van der Waals surface area (Å²) in [4.78, 5) is 14.1. The molecule has 1 amide bonds. The molecule has 0 aliphatic heterocycles. The first-order chi connectivity index (χ1) is 10.0. The smallest absolute Gasteiger partial charge is 0.251 e. The lowest BCUT2D eigenvalue weighted by Crippen LogP contribution is -2.36. The van der Waals surface area contributed by atoms with E-state index in [0.717, 1.165) is 12.1 Å². The molecule has 0 heterocycles. The van der Waals surface area contributed by atoms with Crippen molar-refractivity contribution in [2.24, 2.45) is 0 Å². The van der Waals surface area contributed by atoms with E-state index in [4.69, 9.17) is 5.11 Å². The van der Waals surface area contributed by atoms with Crippen molar-refractivity contribution in [1.29, 1.82) is 0 Å². The second-order valence-corrected chi connectivity index (χ2v) is 5.18. The van der Waals surface area contributed by atoms with Crippen LogP contribution in [0.15, 0.2) is 24.3 Å². The van der Waals surface area contributed by atoms with E-state index in [0.29, 0.717) is 24.6 Å². The Morgan fingerprint density at radius 1 is 1.33 bits per heavy atom. The molecular formula is C17H24N2O2. The van der Waals surface area contributed by atoms with Gasteiger partial charge in [-0.3, -0.25) is 4.79 Å². The highest BCUT2D eigenvalue weighted by Crippen LogP contribution is 2.03. The molecule has 4 nitrogen and oxygen atoms in total. The molecule has 0 aromatic heterocycles. The fourth-order valence-corrected chi connectivity index (χ4v) is 1.63. The van der Waals surface area contributed by atoms with Crippen molar-refractivity contribution in [2.75, 3.05) is 26.7 Å². The number of carbonyl (C=O) groups is 1. The number of amides is 1. The molecule has 0 atom stereocenters. The summed E-state index contributed by atoms with van der Waals surface area (Å²) in [5.41, 5.74) is 1.48. The van der Waals surface area contributed by atoms with E-state index in [9.17, 15) is 4.79 Å². The Morgan fingerprint density at radius 2 is 2.00 bits per heavy atom. The van der Waals surface area contributed by atoms with E-state index in [1.807, 2.05) is 19.2 Å². The quantitative estimate of drug-likeness (QED) is 0.780. The molecule has 0 aliphatic rings. The first-order valence-electron chi connectivity index (χ1n) is 7.23. The third-order valence-corrected chi connectivity index (χ3v) is 3.25. The number of nitrogens with one attached hydrogen (secondary N) is 1. The summed E-state index contributed by atoms with van der Waals surface area (Å²) in [6.45, 7) is 5.77. The van der Waals surface area contributed by atoms with Crippen LogP contribution in [0.5, 0.6) is 0 Å². The van der Waals surface area contributed by atoms with Gasteiger partial charge in [0.25, 0.3) is 5.91 Å². The van der Waals surface area contributed by atoms with Crippen LogP contribution in [0.25, 0.3) is 0 Å². The summed E-state index contributed by atoms with van der Waals surface area (Å²) in [6, 6.07) is 7.65. The molecule has 0 saturated carbocycles. The third-order valence-electron chi connectivity index (χ3n) is 3.25. The number of nitrogens with zero attached hydrogens (tertiary/aromatic N) is 1. The summed E-state index contributed by atoms with van der Waals surface area (Å²) in [5, 5.41) is 11.6. The van der Waals surface area contributed by atoms with Crippen LogP contribution < -0.4 is 5.32 Å². The van der Waals surface area contributed by atoms with E-state index >= 15 is 0 Å². The molecule has 2 N–H and O–H groups in total. The second kappa shape index (κ2) is 9.17. The molecule has 0 aliphatic carbocycles. The second-order valence-electron chi connectivity index (χ2n) is 5.18. The van der Waals surface area contributed by atoms with Crippen molar-refractivity contribution in [3.63, 3.8) is 0 Å². The van der Waals surface area contributed by atoms with E-state index in [1.165, 1.54) is 0 Å². The van der Waals surface area contributed by atoms with Crippen LogP contribution in [-0.4, -0.2) is 48.7 Å². The van der Waals surface area contributed by atoms with Gasteiger partial charge in [0.2, 0.25) is 0 Å². The summed E-state index contributed by atoms with van der Waals surface area (Å²) in [7, 11) is 2.04. The summed E-state index contributed by atoms with van der Waals surface area (Å²) in [6.07, 6.45) is 0.464. The van der Waals surface area contributed by atoms with Gasteiger partial charge in [-0.2, -0.15) is 0 Å². The molecule has 0 saturated heterocycles. The van der Waals surface area contributed by atoms with Gasteiger partial charge in [-0.1, -0.05) is 11.8 Å². The Bertz CT molecular complexity index is 498. The van der Waals surface area contributed by atoms with Gasteiger partial charge in [0, 0.05) is 36.7 Å². The highest BCUT2D eigenvalue weighted by molar-refractivity contribution is 5.94. The maximum atomic E-state index is 12.0. The van der Waals surface area contributed by atoms with Crippen LogP contribution in [0.2, 0.25) is 0 Å². The zero-order chi connectivity index (χ0) is 15.7. The van der Waals surface area contributed by atoms with Crippen molar-refractivity contribution in [2.45, 2.75) is 26.3 Å². The van der Waals surface area contributed by atoms with Crippen LogP contribution in [0.4, 0.5) is 0 Å². The summed E-state index contributed by atoms with van der Waals surface area (Å²) < 4.78 is 0. The maximum Gasteiger partial charge on any atom is 0.251 e. The molecular weight excluding hydrogens is 264 g/mol. The zero-order valence-corrected chi connectivity index (χ0v) is 13.0. The molecule has 0 radical (unpaired) electrons. The van der Waals surface area contributed by atoms with Gasteiger partial charge in [-0.05, 0) is 45.2 Å². The topological polar surface area (TPSA) is 52.6 Å². The van der Waals surface area contributed by atoms with E-state index in [2.05, 4.69) is 35.9 Å². The van der Waals surface area contributed by atoms with Crippen molar-refractivity contribution in [3.05, 3.63) is 35.4 Å². The van der Waals surface area contributed by atoms with Gasteiger partial charge in [0.15, 0.2) is 0 Å². The lowest BCUT2D eigenvalue weighted by molar-refractivity contribution is 0.0948. The highest BCUT2D eigenvalue weighted by Gasteiger charge is 2.06. The maximum absolute atomic E-state index is 12.0. The zero-order valence-electron chi connectivity index (χ0n) is 13.0. The molecule has 1 aromatic rings. The van der Waals surface area contributed by atoms with Crippen LogP contribution in [0.3, 0.4) is 0 Å². The highest BCUT2D eigenvalue weighted by atomic mass is 16.2. The first kappa shape index (κ1) is 17.2. The average Bonchev–Trinajstić information content (AvgIpc) is 2.47. The molecule has 0 spiro atoms.